The summed E-state index contributed by atoms with van der Waals surface area (Å²) in [6.07, 6.45) is 3.12. The number of amides is 1. The fourth-order valence-corrected chi connectivity index (χ4v) is 1.73. The van der Waals surface area contributed by atoms with Gasteiger partial charge in [0, 0.05) is 18.9 Å². The molecule has 0 spiro atoms. The maximum Gasteiger partial charge on any atom is 0.258 e. The van der Waals surface area contributed by atoms with Gasteiger partial charge in [-0.3, -0.25) is 9.78 Å². The topological polar surface area (TPSA) is 70.7 Å². The summed E-state index contributed by atoms with van der Waals surface area (Å²) in [7, 11) is 0. The zero-order valence-corrected chi connectivity index (χ0v) is 9.91. The van der Waals surface area contributed by atoms with Gasteiger partial charge in [-0.2, -0.15) is 5.10 Å². The third-order valence-electron chi connectivity index (χ3n) is 2.57. The van der Waals surface area contributed by atoms with Crippen molar-refractivity contribution >= 4 is 11.4 Å². The van der Waals surface area contributed by atoms with E-state index in [1.807, 2.05) is 0 Å². The number of hydrogen-bond donors (Lipinski definition) is 1. The Kier molecular flexibility index (Phi) is 4.00. The quantitative estimate of drug-likeness (QED) is 0.855. The molecule has 0 aliphatic rings. The third-order valence-corrected chi connectivity index (χ3v) is 2.57. The first-order valence-corrected chi connectivity index (χ1v) is 5.59. The molecule has 2 heterocycles. The van der Waals surface area contributed by atoms with Crippen LogP contribution in [0.4, 0.5) is 8.78 Å². The number of nitrogens with zero attached hydrogens (tertiary/aromatic N) is 4. The predicted molar refractivity (Wildman–Crippen MR) is 62.0 cm³/mol. The zero-order chi connectivity index (χ0) is 13.8. The number of carbonyl (C=O) groups excluding carboxylic acids is 1. The molecular weight excluding hydrogens is 258 g/mol. The molecule has 2 aromatic heterocycles. The van der Waals surface area contributed by atoms with E-state index < -0.39 is 18.9 Å². The summed E-state index contributed by atoms with van der Waals surface area (Å²) in [5.74, 6) is -0.600. The highest BCUT2D eigenvalue weighted by atomic mass is 19.3. The number of aliphatic hydroxyl groups excluding tert-OH is 1. The molecule has 0 radical (unpaired) electrons. The highest BCUT2D eigenvalue weighted by Crippen LogP contribution is 2.12. The fourth-order valence-electron chi connectivity index (χ4n) is 1.73. The van der Waals surface area contributed by atoms with Crippen LogP contribution in [0.1, 0.15) is 10.4 Å². The molecule has 102 valence electrons. The van der Waals surface area contributed by atoms with Gasteiger partial charge in [0.25, 0.3) is 12.3 Å². The van der Waals surface area contributed by atoms with Gasteiger partial charge in [0.05, 0.1) is 36.6 Å². The average Bonchev–Trinajstić information content (AvgIpc) is 2.80. The molecular formula is C11H12F2N4O2. The number of carbonyl (C=O) groups is 1. The van der Waals surface area contributed by atoms with Crippen molar-refractivity contribution < 1.29 is 18.7 Å². The largest absolute Gasteiger partial charge is 0.395 e. The summed E-state index contributed by atoms with van der Waals surface area (Å²) < 4.78 is 26.3. The summed E-state index contributed by atoms with van der Waals surface area (Å²) in [6, 6.07) is 0. The van der Waals surface area contributed by atoms with Gasteiger partial charge in [0.1, 0.15) is 0 Å². The van der Waals surface area contributed by atoms with Crippen molar-refractivity contribution in [2.24, 2.45) is 0 Å². The maximum atomic E-state index is 12.4. The smallest absolute Gasteiger partial charge is 0.258 e. The first-order chi connectivity index (χ1) is 9.13. The Morgan fingerprint density at radius 3 is 2.95 bits per heavy atom. The third kappa shape index (κ3) is 2.84. The van der Waals surface area contributed by atoms with E-state index in [1.54, 1.807) is 6.20 Å². The van der Waals surface area contributed by atoms with E-state index in [0.717, 1.165) is 4.90 Å². The monoisotopic (exact) mass is 270 g/mol. The van der Waals surface area contributed by atoms with Gasteiger partial charge in [0.2, 0.25) is 0 Å². The van der Waals surface area contributed by atoms with Crippen LogP contribution in [0.15, 0.2) is 24.8 Å². The molecule has 0 aromatic carbocycles. The summed E-state index contributed by atoms with van der Waals surface area (Å²) >= 11 is 0. The van der Waals surface area contributed by atoms with Gasteiger partial charge in [-0.05, 0) is 0 Å². The van der Waals surface area contributed by atoms with E-state index >= 15 is 0 Å². The molecule has 0 saturated carbocycles. The highest BCUT2D eigenvalue weighted by molar-refractivity contribution is 6.00. The Bertz CT molecular complexity index is 573. The molecule has 2 aromatic rings. The lowest BCUT2D eigenvalue weighted by Crippen LogP contribution is -2.37. The van der Waals surface area contributed by atoms with E-state index in [4.69, 9.17) is 5.11 Å². The van der Waals surface area contributed by atoms with Gasteiger partial charge in [-0.1, -0.05) is 0 Å². The van der Waals surface area contributed by atoms with Crippen LogP contribution < -0.4 is 0 Å². The van der Waals surface area contributed by atoms with Crippen molar-refractivity contribution in [1.29, 1.82) is 0 Å². The van der Waals surface area contributed by atoms with Gasteiger partial charge < -0.3 is 10.0 Å². The van der Waals surface area contributed by atoms with E-state index in [0.29, 0.717) is 5.52 Å². The average molecular weight is 270 g/mol. The van der Waals surface area contributed by atoms with Gasteiger partial charge in [0.15, 0.2) is 0 Å². The second-order valence-corrected chi connectivity index (χ2v) is 3.83. The van der Waals surface area contributed by atoms with Crippen LogP contribution in [-0.4, -0.2) is 56.6 Å². The van der Waals surface area contributed by atoms with Gasteiger partial charge in [-0.25, -0.2) is 13.3 Å². The van der Waals surface area contributed by atoms with E-state index in [2.05, 4.69) is 10.1 Å². The van der Waals surface area contributed by atoms with Crippen LogP contribution in [-0.2, 0) is 0 Å². The lowest BCUT2D eigenvalue weighted by Gasteiger charge is -2.20. The van der Waals surface area contributed by atoms with Crippen LogP contribution in [0.5, 0.6) is 0 Å². The Morgan fingerprint density at radius 1 is 1.47 bits per heavy atom. The van der Waals surface area contributed by atoms with Crippen molar-refractivity contribution in [2.75, 3.05) is 19.7 Å². The molecule has 0 fully saturated rings. The molecule has 0 bridgehead atoms. The Hall–Kier alpha value is -2.09. The summed E-state index contributed by atoms with van der Waals surface area (Å²) in [5.41, 5.74) is 0.618. The van der Waals surface area contributed by atoms with Crippen LogP contribution in [0.25, 0.3) is 5.52 Å². The van der Waals surface area contributed by atoms with E-state index in [1.165, 1.54) is 23.1 Å². The minimum Gasteiger partial charge on any atom is -0.395 e. The minimum atomic E-state index is -2.66. The fraction of sp³-hybridized carbons (Fsp3) is 0.364. The molecule has 1 amide bonds. The summed E-state index contributed by atoms with van der Waals surface area (Å²) in [5, 5.41) is 12.8. The molecule has 6 nitrogen and oxygen atoms in total. The molecule has 0 saturated heterocycles. The van der Waals surface area contributed by atoms with Crippen molar-refractivity contribution in [3.63, 3.8) is 0 Å². The van der Waals surface area contributed by atoms with Crippen molar-refractivity contribution in [3.05, 3.63) is 30.4 Å². The van der Waals surface area contributed by atoms with Crippen LogP contribution >= 0.6 is 0 Å². The van der Waals surface area contributed by atoms with Gasteiger partial charge >= 0.3 is 0 Å². The molecule has 0 aliphatic carbocycles. The molecule has 8 heteroatoms. The lowest BCUT2D eigenvalue weighted by atomic mass is 10.2. The number of halogens is 2. The zero-order valence-electron chi connectivity index (χ0n) is 9.91. The van der Waals surface area contributed by atoms with Crippen molar-refractivity contribution in [1.82, 2.24) is 19.5 Å². The summed E-state index contributed by atoms with van der Waals surface area (Å²) in [6.45, 7) is -1.26. The first-order valence-electron chi connectivity index (χ1n) is 5.59. The Morgan fingerprint density at radius 2 is 2.26 bits per heavy atom. The van der Waals surface area contributed by atoms with Crippen LogP contribution in [0, 0.1) is 0 Å². The number of aromatic nitrogens is 3. The lowest BCUT2D eigenvalue weighted by molar-refractivity contribution is 0.0511. The molecule has 0 unspecified atom stereocenters. The molecule has 0 aliphatic heterocycles. The number of aliphatic hydroxyl groups is 1. The number of rotatable bonds is 5. The van der Waals surface area contributed by atoms with E-state index in [-0.39, 0.29) is 18.7 Å². The normalized spacial score (nSPS) is 11.2. The highest BCUT2D eigenvalue weighted by Gasteiger charge is 2.22. The molecule has 19 heavy (non-hydrogen) atoms. The maximum absolute atomic E-state index is 12.4. The van der Waals surface area contributed by atoms with E-state index in [9.17, 15) is 13.6 Å². The molecule has 0 atom stereocenters. The van der Waals surface area contributed by atoms with Gasteiger partial charge in [-0.15, -0.1) is 0 Å². The van der Waals surface area contributed by atoms with Crippen LogP contribution in [0.3, 0.4) is 0 Å². The number of fused-ring (bicyclic) bond motifs is 1. The SMILES string of the molecule is O=C(c1cnn2ccncc12)N(CCO)CC(F)F. The molecule has 2 rings (SSSR count). The van der Waals surface area contributed by atoms with Crippen molar-refractivity contribution in [3.8, 4) is 0 Å². The second-order valence-electron chi connectivity index (χ2n) is 3.83. The predicted octanol–water partition coefficient (Wildman–Crippen LogP) is 0.429. The standard InChI is InChI=1S/C11H12F2N4O2/c12-10(13)7-16(3-4-18)11(19)8-5-15-17-2-1-14-6-9(8)17/h1-2,5-6,10,18H,3-4,7H2. The van der Waals surface area contributed by atoms with Crippen molar-refractivity contribution in [2.45, 2.75) is 6.43 Å². The first kappa shape index (κ1) is 13.3. The number of alkyl halides is 2. The number of hydrogen-bond acceptors (Lipinski definition) is 4. The Labute approximate surface area is 107 Å². The van der Waals surface area contributed by atoms with Crippen LogP contribution in [0.2, 0.25) is 0 Å². The second kappa shape index (κ2) is 5.70. The molecule has 1 N–H and O–H groups in total. The Balaban J connectivity index is 2.30. The summed E-state index contributed by atoms with van der Waals surface area (Å²) in [4.78, 5) is 16.9. The minimum absolute atomic E-state index is 0.152.